The number of nitrogens with zero attached hydrogens (tertiary/aromatic N) is 3. The molecule has 98 valence electrons. The summed E-state index contributed by atoms with van der Waals surface area (Å²) in [7, 11) is 0. The molecule has 6 nitrogen and oxygen atoms in total. The number of thiocarbonyl (C=S) groups is 1. The van der Waals surface area contributed by atoms with Gasteiger partial charge in [-0.1, -0.05) is 12.2 Å². The van der Waals surface area contributed by atoms with E-state index in [4.69, 9.17) is 22.7 Å². The molecule has 18 heavy (non-hydrogen) atoms. The Morgan fingerprint density at radius 3 is 3.11 bits per heavy atom. The van der Waals surface area contributed by atoms with Crippen molar-refractivity contribution in [2.24, 2.45) is 5.73 Å². The van der Waals surface area contributed by atoms with Gasteiger partial charge in [-0.15, -0.1) is 5.10 Å². The number of hydrogen-bond acceptors (Lipinski definition) is 6. The summed E-state index contributed by atoms with van der Waals surface area (Å²) in [4.78, 5) is 2.29. The third-order valence-electron chi connectivity index (χ3n) is 2.80. The van der Waals surface area contributed by atoms with Crippen molar-refractivity contribution in [3.05, 3.63) is 17.8 Å². The first-order valence-corrected chi connectivity index (χ1v) is 6.15. The van der Waals surface area contributed by atoms with Gasteiger partial charge in [-0.3, -0.25) is 0 Å². The molecule has 0 bridgehead atoms. The molecule has 0 aromatic carbocycles. The second kappa shape index (κ2) is 5.55. The van der Waals surface area contributed by atoms with Gasteiger partial charge in [0.05, 0.1) is 30.6 Å². The van der Waals surface area contributed by atoms with E-state index in [-0.39, 0.29) is 18.8 Å². The highest BCUT2D eigenvalue weighted by molar-refractivity contribution is 7.80. The largest absolute Gasteiger partial charge is 0.394 e. The van der Waals surface area contributed by atoms with Crippen molar-refractivity contribution in [1.29, 1.82) is 0 Å². The molecule has 0 amide bonds. The lowest BCUT2D eigenvalue weighted by molar-refractivity contribution is -0.0423. The van der Waals surface area contributed by atoms with Crippen LogP contribution in [0.2, 0.25) is 0 Å². The van der Waals surface area contributed by atoms with E-state index in [0.29, 0.717) is 29.5 Å². The number of nitrogens with two attached hydrogens (primary N) is 1. The van der Waals surface area contributed by atoms with E-state index in [9.17, 15) is 5.11 Å². The highest BCUT2D eigenvalue weighted by atomic mass is 32.1. The number of hydrogen-bond donors (Lipinski definition) is 2. The molecule has 1 fully saturated rings. The van der Waals surface area contributed by atoms with Crippen molar-refractivity contribution >= 4 is 23.0 Å². The molecule has 2 heterocycles. The molecular formula is C11H16N4O2S. The second-order valence-electron chi connectivity index (χ2n) is 4.29. The van der Waals surface area contributed by atoms with Gasteiger partial charge in [0.15, 0.2) is 5.82 Å². The Balaban J connectivity index is 2.27. The van der Waals surface area contributed by atoms with Crippen molar-refractivity contribution < 1.29 is 9.84 Å². The first kappa shape index (κ1) is 13.1. The van der Waals surface area contributed by atoms with Crippen LogP contribution in [0.15, 0.2) is 12.3 Å². The highest BCUT2D eigenvalue weighted by Crippen LogP contribution is 2.21. The van der Waals surface area contributed by atoms with Crippen LogP contribution in [0, 0.1) is 0 Å². The molecule has 1 aliphatic heterocycles. The minimum Gasteiger partial charge on any atom is -0.394 e. The topological polar surface area (TPSA) is 84.5 Å². The third-order valence-corrected chi connectivity index (χ3v) is 3.02. The summed E-state index contributed by atoms with van der Waals surface area (Å²) in [6.07, 6.45) is 1.35. The summed E-state index contributed by atoms with van der Waals surface area (Å²) in [6, 6.07) is 1.75. The molecule has 1 aromatic rings. The van der Waals surface area contributed by atoms with Crippen molar-refractivity contribution in [3.63, 3.8) is 0 Å². The van der Waals surface area contributed by atoms with Crippen LogP contribution < -0.4 is 10.6 Å². The minimum absolute atomic E-state index is 0.0112. The minimum atomic E-state index is -0.227. The van der Waals surface area contributed by atoms with Crippen LogP contribution >= 0.6 is 12.2 Å². The fourth-order valence-corrected chi connectivity index (χ4v) is 2.23. The van der Waals surface area contributed by atoms with Crippen molar-refractivity contribution in [2.75, 3.05) is 24.6 Å². The molecule has 2 rings (SSSR count). The molecule has 0 spiro atoms. The summed E-state index contributed by atoms with van der Waals surface area (Å²) in [5, 5.41) is 17.2. The predicted molar refractivity (Wildman–Crippen MR) is 71.6 cm³/mol. The van der Waals surface area contributed by atoms with Gasteiger partial charge in [-0.05, 0) is 13.0 Å². The molecule has 3 N–H and O–H groups in total. The summed E-state index contributed by atoms with van der Waals surface area (Å²) in [6.45, 7) is 3.15. The maximum atomic E-state index is 9.21. The number of ether oxygens (including phenoxy) is 1. The molecule has 1 aromatic heterocycles. The van der Waals surface area contributed by atoms with Crippen LogP contribution in [0.4, 0.5) is 5.82 Å². The van der Waals surface area contributed by atoms with Gasteiger partial charge in [-0.25, -0.2) is 0 Å². The van der Waals surface area contributed by atoms with Crippen LogP contribution in [0.1, 0.15) is 12.5 Å². The molecule has 2 unspecified atom stereocenters. The van der Waals surface area contributed by atoms with E-state index in [1.165, 1.54) is 0 Å². The van der Waals surface area contributed by atoms with Gasteiger partial charge in [0.2, 0.25) is 0 Å². The zero-order valence-corrected chi connectivity index (χ0v) is 10.9. The Morgan fingerprint density at radius 2 is 2.44 bits per heavy atom. The number of rotatable bonds is 3. The maximum absolute atomic E-state index is 9.21. The Hall–Kier alpha value is -1.31. The lowest BCUT2D eigenvalue weighted by Gasteiger charge is -2.37. The van der Waals surface area contributed by atoms with E-state index >= 15 is 0 Å². The van der Waals surface area contributed by atoms with E-state index in [1.54, 1.807) is 12.3 Å². The second-order valence-corrected chi connectivity index (χ2v) is 4.73. The summed E-state index contributed by atoms with van der Waals surface area (Å²) < 4.78 is 5.58. The van der Waals surface area contributed by atoms with Crippen molar-refractivity contribution in [1.82, 2.24) is 10.2 Å². The van der Waals surface area contributed by atoms with Crippen LogP contribution in [0.5, 0.6) is 0 Å². The van der Waals surface area contributed by atoms with Gasteiger partial charge < -0.3 is 20.5 Å². The number of aromatic nitrogens is 2. The van der Waals surface area contributed by atoms with E-state index in [2.05, 4.69) is 10.2 Å². The van der Waals surface area contributed by atoms with Gasteiger partial charge in [0.25, 0.3) is 0 Å². The van der Waals surface area contributed by atoms with Gasteiger partial charge in [0.1, 0.15) is 4.99 Å². The molecule has 0 saturated carbocycles. The lowest BCUT2D eigenvalue weighted by Crippen LogP contribution is -2.49. The van der Waals surface area contributed by atoms with Crippen LogP contribution in [0.25, 0.3) is 0 Å². The Morgan fingerprint density at radius 1 is 1.67 bits per heavy atom. The highest BCUT2D eigenvalue weighted by Gasteiger charge is 2.27. The zero-order valence-electron chi connectivity index (χ0n) is 10.1. The molecule has 1 saturated heterocycles. The van der Waals surface area contributed by atoms with Crippen LogP contribution in [-0.4, -0.2) is 52.2 Å². The quantitative estimate of drug-likeness (QED) is 0.728. The number of anilines is 1. The molecule has 0 radical (unpaired) electrons. The Bertz CT molecular complexity index is 443. The average molecular weight is 268 g/mol. The van der Waals surface area contributed by atoms with E-state index in [0.717, 1.165) is 0 Å². The normalized spacial score (nSPS) is 24.0. The fourth-order valence-electron chi connectivity index (χ4n) is 2.07. The van der Waals surface area contributed by atoms with Crippen molar-refractivity contribution in [2.45, 2.75) is 19.1 Å². The summed E-state index contributed by atoms with van der Waals surface area (Å²) in [5.41, 5.74) is 6.38. The van der Waals surface area contributed by atoms with E-state index < -0.39 is 0 Å². The SMILES string of the molecule is CC1CN(c2nnccc2C(N)=S)CC(CO)O1. The lowest BCUT2D eigenvalue weighted by atomic mass is 10.2. The molecule has 2 atom stereocenters. The van der Waals surface area contributed by atoms with Crippen LogP contribution in [-0.2, 0) is 4.74 Å². The van der Waals surface area contributed by atoms with Gasteiger partial charge in [0, 0.05) is 13.1 Å². The average Bonchev–Trinajstić information content (AvgIpc) is 2.38. The maximum Gasteiger partial charge on any atom is 0.161 e. The number of aliphatic hydroxyl groups is 1. The first-order valence-electron chi connectivity index (χ1n) is 5.74. The van der Waals surface area contributed by atoms with Gasteiger partial charge in [-0.2, -0.15) is 5.10 Å². The monoisotopic (exact) mass is 268 g/mol. The molecule has 1 aliphatic rings. The zero-order chi connectivity index (χ0) is 13.1. The van der Waals surface area contributed by atoms with Crippen molar-refractivity contribution in [3.8, 4) is 0 Å². The first-order chi connectivity index (χ1) is 8.61. The number of morpholine rings is 1. The summed E-state index contributed by atoms with van der Waals surface area (Å²) in [5.74, 6) is 0.651. The standard InChI is InChI=1S/C11H16N4O2S/c1-7-4-15(5-8(6-16)17-7)11-9(10(12)18)2-3-13-14-11/h2-3,7-8,16H,4-6H2,1H3,(H2,12,18). The third kappa shape index (κ3) is 2.74. The summed E-state index contributed by atoms with van der Waals surface area (Å²) >= 11 is 5.01. The Labute approximate surface area is 111 Å². The predicted octanol–water partition coefficient (Wildman–Crippen LogP) is -0.303. The molecule has 0 aliphatic carbocycles. The van der Waals surface area contributed by atoms with E-state index in [1.807, 2.05) is 11.8 Å². The van der Waals surface area contributed by atoms with Crippen LogP contribution in [0.3, 0.4) is 0 Å². The molecular weight excluding hydrogens is 252 g/mol. The van der Waals surface area contributed by atoms with Gasteiger partial charge >= 0.3 is 0 Å². The Kier molecular flexibility index (Phi) is 4.05. The number of aliphatic hydroxyl groups excluding tert-OH is 1. The fraction of sp³-hybridized carbons (Fsp3) is 0.545. The smallest absolute Gasteiger partial charge is 0.161 e. The molecule has 7 heteroatoms.